The largest absolute Gasteiger partial charge is 0.474 e. The van der Waals surface area contributed by atoms with Crippen LogP contribution in [0.3, 0.4) is 0 Å². The average molecular weight is 294 g/mol. The highest BCUT2D eigenvalue weighted by Crippen LogP contribution is 2.49. The lowest BCUT2D eigenvalue weighted by Gasteiger charge is -2.30. The van der Waals surface area contributed by atoms with E-state index in [0.29, 0.717) is 25.9 Å². The number of hydrogen-bond donors (Lipinski definition) is 1. The molecule has 0 aromatic carbocycles. The van der Waals surface area contributed by atoms with Crippen molar-refractivity contribution in [1.82, 2.24) is 4.90 Å². The second-order valence-corrected chi connectivity index (χ2v) is 6.32. The van der Waals surface area contributed by atoms with Crippen LogP contribution in [0.25, 0.3) is 0 Å². The van der Waals surface area contributed by atoms with Gasteiger partial charge < -0.3 is 10.6 Å². The van der Waals surface area contributed by atoms with Gasteiger partial charge in [-0.2, -0.15) is 0 Å². The second-order valence-electron chi connectivity index (χ2n) is 4.65. The van der Waals surface area contributed by atoms with Gasteiger partial charge in [0.25, 0.3) is 0 Å². The fourth-order valence-corrected chi connectivity index (χ4v) is 3.28. The van der Waals surface area contributed by atoms with Crippen molar-refractivity contribution in [3.63, 3.8) is 0 Å². The van der Waals surface area contributed by atoms with E-state index in [0.717, 1.165) is 38.9 Å². The van der Waals surface area contributed by atoms with Crippen LogP contribution in [0.4, 0.5) is 0 Å². The number of likely N-dealkylation sites (tertiary alicyclic amines) is 1. The van der Waals surface area contributed by atoms with Crippen LogP contribution < -0.4 is 5.73 Å². The van der Waals surface area contributed by atoms with Gasteiger partial charge in [0.1, 0.15) is 0 Å². The zero-order valence-corrected chi connectivity index (χ0v) is 12.9. The maximum Gasteiger partial charge on any atom is 0.474 e. The molecule has 0 spiro atoms. The van der Waals surface area contributed by atoms with Gasteiger partial charge in [-0.05, 0) is 46.2 Å². The lowest BCUT2D eigenvalue weighted by atomic mass is 10.1. The zero-order valence-electron chi connectivity index (χ0n) is 12.0. The minimum Gasteiger partial charge on any atom is -0.328 e. The lowest BCUT2D eigenvalue weighted by molar-refractivity contribution is 0.114. The first-order valence-corrected chi connectivity index (χ1v) is 8.57. The predicted molar refractivity (Wildman–Crippen MR) is 75.1 cm³/mol. The predicted octanol–water partition coefficient (Wildman–Crippen LogP) is 2.00. The van der Waals surface area contributed by atoms with Gasteiger partial charge in [-0.3, -0.25) is 13.6 Å². The van der Waals surface area contributed by atoms with Crippen LogP contribution >= 0.6 is 7.82 Å². The molecule has 114 valence electrons. The third-order valence-corrected chi connectivity index (χ3v) is 4.72. The molecule has 1 aliphatic rings. The number of nitrogens with zero attached hydrogens (tertiary/aromatic N) is 1. The number of rotatable bonds is 9. The molecule has 0 saturated carbocycles. The Labute approximate surface area is 116 Å². The molecule has 0 aromatic rings. The van der Waals surface area contributed by atoms with E-state index in [1.54, 1.807) is 13.8 Å². The summed E-state index contributed by atoms with van der Waals surface area (Å²) in [4.78, 5) is 2.36. The van der Waals surface area contributed by atoms with Crippen LogP contribution in [-0.2, 0) is 18.1 Å². The highest BCUT2D eigenvalue weighted by molar-refractivity contribution is 7.48. The van der Waals surface area contributed by atoms with Crippen molar-refractivity contribution in [2.45, 2.75) is 39.2 Å². The summed E-state index contributed by atoms with van der Waals surface area (Å²) in [5, 5.41) is 0. The van der Waals surface area contributed by atoms with Gasteiger partial charge in [0.2, 0.25) is 0 Å². The summed E-state index contributed by atoms with van der Waals surface area (Å²) in [7, 11) is -3.34. The summed E-state index contributed by atoms with van der Waals surface area (Å²) in [5.41, 5.74) is 5.85. The van der Waals surface area contributed by atoms with Crippen molar-refractivity contribution in [3.8, 4) is 0 Å². The number of phosphoric acid groups is 1. The highest BCUT2D eigenvalue weighted by Gasteiger charge is 2.25. The Hall–Kier alpha value is 0.0300. The number of nitrogens with two attached hydrogens (primary N) is 1. The summed E-state index contributed by atoms with van der Waals surface area (Å²) < 4.78 is 27.4. The lowest BCUT2D eigenvalue weighted by Crippen LogP contribution is -2.40. The van der Waals surface area contributed by atoms with E-state index >= 15 is 0 Å². The Kier molecular flexibility index (Phi) is 8.14. The molecule has 0 aliphatic carbocycles. The summed E-state index contributed by atoms with van der Waals surface area (Å²) in [6, 6.07) is 0.351. The highest BCUT2D eigenvalue weighted by atomic mass is 31.2. The first kappa shape index (κ1) is 17.1. The summed E-state index contributed by atoms with van der Waals surface area (Å²) in [6.45, 7) is 7.58. The van der Waals surface area contributed by atoms with Gasteiger partial charge in [0.05, 0.1) is 19.8 Å². The normalized spacial score (nSPS) is 18.9. The second kappa shape index (κ2) is 9.06. The van der Waals surface area contributed by atoms with Gasteiger partial charge in [-0.25, -0.2) is 4.57 Å². The third-order valence-electron chi connectivity index (χ3n) is 3.07. The van der Waals surface area contributed by atoms with Crippen molar-refractivity contribution in [1.29, 1.82) is 0 Å². The van der Waals surface area contributed by atoms with Crippen LogP contribution in [0.1, 0.15) is 33.1 Å². The maximum absolute atomic E-state index is 12.0. The minimum atomic E-state index is -3.34. The Morgan fingerprint density at radius 2 is 1.74 bits per heavy atom. The summed E-state index contributed by atoms with van der Waals surface area (Å²) >= 11 is 0. The van der Waals surface area contributed by atoms with Crippen molar-refractivity contribution < 1.29 is 18.1 Å². The van der Waals surface area contributed by atoms with Gasteiger partial charge in [-0.15, -0.1) is 0 Å². The third kappa shape index (κ3) is 6.84. The monoisotopic (exact) mass is 294 g/mol. The van der Waals surface area contributed by atoms with E-state index in [2.05, 4.69) is 4.90 Å². The Morgan fingerprint density at radius 3 is 2.26 bits per heavy atom. The molecule has 1 heterocycles. The van der Waals surface area contributed by atoms with E-state index in [1.807, 2.05) is 0 Å². The summed E-state index contributed by atoms with van der Waals surface area (Å²) in [6.07, 6.45) is 2.92. The van der Waals surface area contributed by atoms with Crippen LogP contribution in [0.2, 0.25) is 0 Å². The number of piperidine rings is 1. The van der Waals surface area contributed by atoms with Crippen molar-refractivity contribution in [3.05, 3.63) is 0 Å². The summed E-state index contributed by atoms with van der Waals surface area (Å²) in [5.74, 6) is 0. The van der Waals surface area contributed by atoms with Crippen LogP contribution in [0, 0.1) is 0 Å². The van der Waals surface area contributed by atoms with Crippen molar-refractivity contribution in [2.24, 2.45) is 5.73 Å². The Bertz CT molecular complexity index is 273. The zero-order chi connectivity index (χ0) is 14.1. The van der Waals surface area contributed by atoms with E-state index in [4.69, 9.17) is 19.3 Å². The van der Waals surface area contributed by atoms with Gasteiger partial charge in [0, 0.05) is 12.6 Å². The van der Waals surface area contributed by atoms with Gasteiger partial charge >= 0.3 is 7.82 Å². The standard InChI is InChI=1S/C12H27N2O4P/c1-3-16-19(15,17-4-2)18-11-5-8-14-9-6-12(13)7-10-14/h12H,3-11,13H2,1-2H3. The Morgan fingerprint density at radius 1 is 1.16 bits per heavy atom. The van der Waals surface area contributed by atoms with E-state index < -0.39 is 7.82 Å². The molecule has 0 amide bonds. The molecule has 0 atom stereocenters. The van der Waals surface area contributed by atoms with Crippen LogP contribution in [0.15, 0.2) is 0 Å². The van der Waals surface area contributed by atoms with E-state index in [-0.39, 0.29) is 0 Å². The first-order valence-electron chi connectivity index (χ1n) is 7.11. The van der Waals surface area contributed by atoms with E-state index in [1.165, 1.54) is 0 Å². The minimum absolute atomic E-state index is 0.321. The molecule has 0 bridgehead atoms. The molecule has 0 aromatic heterocycles. The molecular weight excluding hydrogens is 267 g/mol. The number of phosphoric ester groups is 1. The fraction of sp³-hybridized carbons (Fsp3) is 1.00. The first-order chi connectivity index (χ1) is 9.09. The molecule has 1 rings (SSSR count). The van der Waals surface area contributed by atoms with Crippen LogP contribution in [-0.4, -0.2) is 50.4 Å². The topological polar surface area (TPSA) is 74.0 Å². The fourth-order valence-electron chi connectivity index (χ4n) is 2.07. The molecule has 1 saturated heterocycles. The molecule has 7 heteroatoms. The number of hydrogen-bond acceptors (Lipinski definition) is 6. The van der Waals surface area contributed by atoms with E-state index in [9.17, 15) is 4.57 Å². The molecule has 1 aliphatic heterocycles. The molecule has 2 N–H and O–H groups in total. The van der Waals surface area contributed by atoms with Crippen molar-refractivity contribution >= 4 is 7.82 Å². The smallest absolute Gasteiger partial charge is 0.328 e. The van der Waals surface area contributed by atoms with Crippen molar-refractivity contribution in [2.75, 3.05) is 39.5 Å². The SMILES string of the molecule is CCOP(=O)(OCC)OCCCN1CCC(N)CC1. The molecule has 19 heavy (non-hydrogen) atoms. The molecule has 1 fully saturated rings. The van der Waals surface area contributed by atoms with Gasteiger partial charge in [0.15, 0.2) is 0 Å². The molecule has 0 radical (unpaired) electrons. The molecular formula is C12H27N2O4P. The molecule has 0 unspecified atom stereocenters. The van der Waals surface area contributed by atoms with Gasteiger partial charge in [-0.1, -0.05) is 0 Å². The Balaban J connectivity index is 2.16. The molecule has 6 nitrogen and oxygen atoms in total. The van der Waals surface area contributed by atoms with Crippen LogP contribution in [0.5, 0.6) is 0 Å². The quantitative estimate of drug-likeness (QED) is 0.518. The average Bonchev–Trinajstić information content (AvgIpc) is 2.37. The maximum atomic E-state index is 12.0.